The maximum atomic E-state index is 13.9. The van der Waals surface area contributed by atoms with Crippen molar-refractivity contribution in [3.8, 4) is 0 Å². The third-order valence-corrected chi connectivity index (χ3v) is 11.2. The molecular weight excluding hydrogens is 560 g/mol. The molecule has 3 saturated heterocycles. The summed E-state index contributed by atoms with van der Waals surface area (Å²) in [5, 5.41) is 0.696. The quantitative estimate of drug-likeness (QED) is 0.403. The lowest BCUT2D eigenvalue weighted by molar-refractivity contribution is -0.133. The Balaban J connectivity index is 1.11. The van der Waals surface area contributed by atoms with Crippen LogP contribution >= 0.6 is 11.6 Å². The van der Waals surface area contributed by atoms with Crippen LogP contribution in [0.4, 0.5) is 5.69 Å². The van der Waals surface area contributed by atoms with Gasteiger partial charge in [0.05, 0.1) is 5.69 Å². The molecule has 2 unspecified atom stereocenters. The van der Waals surface area contributed by atoms with Crippen molar-refractivity contribution in [2.75, 3.05) is 44.2 Å². The van der Waals surface area contributed by atoms with Crippen molar-refractivity contribution in [2.45, 2.75) is 104 Å². The Morgan fingerprint density at radius 1 is 1.02 bits per heavy atom. The number of hydrogen-bond acceptors (Lipinski definition) is 5. The first-order chi connectivity index (χ1) is 20.7. The molecule has 1 aromatic carbocycles. The zero-order valence-corrected chi connectivity index (χ0v) is 27.3. The van der Waals surface area contributed by atoms with Crippen LogP contribution in [0.1, 0.15) is 87.6 Å². The summed E-state index contributed by atoms with van der Waals surface area (Å²) in [5.74, 6) is 1.40. The Kier molecular flexibility index (Phi) is 9.18. The van der Waals surface area contributed by atoms with Crippen LogP contribution in [0.25, 0.3) is 0 Å². The molecule has 9 heteroatoms. The van der Waals surface area contributed by atoms with E-state index in [4.69, 9.17) is 16.6 Å². The molecule has 0 saturated carbocycles. The minimum absolute atomic E-state index is 0.0589. The maximum Gasteiger partial charge on any atom is 0.230 e. The fourth-order valence-corrected chi connectivity index (χ4v) is 8.53. The predicted octanol–water partition coefficient (Wildman–Crippen LogP) is 5.38. The topological polar surface area (TPSA) is 64.9 Å². The molecule has 1 aromatic heterocycles. The number of fused-ring (bicyclic) bond motifs is 3. The van der Waals surface area contributed by atoms with E-state index >= 15 is 0 Å². The highest BCUT2D eigenvalue weighted by molar-refractivity contribution is 6.31. The van der Waals surface area contributed by atoms with Crippen LogP contribution in [-0.4, -0.2) is 87.4 Å². The number of nitrogens with zero attached hydrogens (tertiary/aromatic N) is 6. The number of amides is 2. The first-order valence-corrected chi connectivity index (χ1v) is 17.0. The first kappa shape index (κ1) is 30.6. The fourth-order valence-electron chi connectivity index (χ4n) is 8.36. The maximum absolute atomic E-state index is 13.9. The number of benzene rings is 1. The Labute approximate surface area is 262 Å². The molecule has 0 aliphatic carbocycles. The van der Waals surface area contributed by atoms with Crippen molar-refractivity contribution >= 4 is 29.1 Å². The first-order valence-electron chi connectivity index (χ1n) is 16.6. The molecule has 0 radical (unpaired) electrons. The lowest BCUT2D eigenvalue weighted by Gasteiger charge is -2.41. The molecule has 4 aliphatic rings. The molecule has 6 rings (SSSR count). The number of piperidine rings is 2. The van der Waals surface area contributed by atoms with Crippen LogP contribution in [0, 0.1) is 19.8 Å². The van der Waals surface area contributed by atoms with E-state index in [1.54, 1.807) is 6.92 Å². The Hall–Kier alpha value is -2.42. The van der Waals surface area contributed by atoms with E-state index < -0.39 is 0 Å². The molecule has 0 spiro atoms. The lowest BCUT2D eigenvalue weighted by Crippen LogP contribution is -2.46. The Bertz CT molecular complexity index is 1320. The number of aromatic nitrogens is 2. The average molecular weight is 609 g/mol. The van der Waals surface area contributed by atoms with Gasteiger partial charge in [0.25, 0.3) is 0 Å². The molecule has 4 aliphatic heterocycles. The average Bonchev–Trinajstić information content (AvgIpc) is 3.45. The van der Waals surface area contributed by atoms with Crippen LogP contribution in [-0.2, 0) is 22.6 Å². The molecule has 8 nitrogen and oxygen atoms in total. The summed E-state index contributed by atoms with van der Waals surface area (Å²) in [4.78, 5) is 39.9. The van der Waals surface area contributed by atoms with Gasteiger partial charge in [0.15, 0.2) is 0 Å². The summed E-state index contributed by atoms with van der Waals surface area (Å²) in [7, 11) is 0. The number of halogens is 1. The molecule has 234 valence electrons. The van der Waals surface area contributed by atoms with Crippen molar-refractivity contribution in [3.63, 3.8) is 0 Å². The normalized spacial score (nSPS) is 24.8. The summed E-state index contributed by atoms with van der Waals surface area (Å²) in [6, 6.07) is 7.75. The number of likely N-dealkylation sites (N-methyl/N-ethyl adjacent to an activating group) is 1. The van der Waals surface area contributed by atoms with Gasteiger partial charge in [-0.1, -0.05) is 24.6 Å². The third-order valence-electron chi connectivity index (χ3n) is 10.8. The number of carbonyl (C=O) groups excluding carboxylic acids is 2. The van der Waals surface area contributed by atoms with Gasteiger partial charge in [-0.05, 0) is 83.0 Å². The van der Waals surface area contributed by atoms with E-state index in [2.05, 4.69) is 28.2 Å². The lowest BCUT2D eigenvalue weighted by atomic mass is 9.94. The summed E-state index contributed by atoms with van der Waals surface area (Å²) >= 11 is 6.53. The zero-order valence-electron chi connectivity index (χ0n) is 26.5. The van der Waals surface area contributed by atoms with Gasteiger partial charge in [-0.2, -0.15) is 0 Å². The van der Waals surface area contributed by atoms with E-state index in [0.717, 1.165) is 63.1 Å². The standard InChI is InChI=1S/C34H49ClN6O2/c1-5-37-16-13-33-32(22-37)36-24(3)41(33)30-19-27-9-10-28(20-30)39(27)14-6-15-40(29-8-7-23(2)31(35)21-29)34(43)26-11-17-38(18-12-26)25(4)42/h7-8,21,26-28,30H,5-6,9-20,22H2,1-4H3. The summed E-state index contributed by atoms with van der Waals surface area (Å²) in [6.07, 6.45) is 8.43. The molecule has 0 N–H and O–H groups in total. The van der Waals surface area contributed by atoms with Crippen molar-refractivity contribution < 1.29 is 9.59 Å². The minimum Gasteiger partial charge on any atom is -0.343 e. The van der Waals surface area contributed by atoms with E-state index in [0.29, 0.717) is 42.8 Å². The molecule has 43 heavy (non-hydrogen) atoms. The number of anilines is 1. The SMILES string of the molecule is CCN1CCc2c(nc(C)n2C2CC3CCC(C2)N3CCCN(C(=O)C2CCN(C(C)=O)CC2)c2ccc(C)c(Cl)c2)C1. The Morgan fingerprint density at radius 3 is 2.40 bits per heavy atom. The molecule has 3 fully saturated rings. The molecule has 2 aromatic rings. The van der Waals surface area contributed by atoms with Crippen molar-refractivity contribution in [1.29, 1.82) is 0 Å². The number of imidazole rings is 1. The van der Waals surface area contributed by atoms with Crippen molar-refractivity contribution in [3.05, 3.63) is 46.0 Å². The van der Waals surface area contributed by atoms with Gasteiger partial charge in [0.2, 0.25) is 11.8 Å². The molecular formula is C34H49ClN6O2. The van der Waals surface area contributed by atoms with E-state index in [1.807, 2.05) is 34.9 Å². The largest absolute Gasteiger partial charge is 0.343 e. The number of aryl methyl sites for hydroxylation is 2. The van der Waals surface area contributed by atoms with Gasteiger partial charge in [-0.3, -0.25) is 19.4 Å². The van der Waals surface area contributed by atoms with Gasteiger partial charge in [0.1, 0.15) is 5.82 Å². The number of rotatable bonds is 8. The second kappa shape index (κ2) is 12.9. The fraction of sp³-hybridized carbons (Fsp3) is 0.676. The predicted molar refractivity (Wildman–Crippen MR) is 172 cm³/mol. The zero-order chi connectivity index (χ0) is 30.2. The van der Waals surface area contributed by atoms with Crippen LogP contribution in [0.5, 0.6) is 0 Å². The van der Waals surface area contributed by atoms with E-state index in [-0.39, 0.29) is 17.7 Å². The van der Waals surface area contributed by atoms with Crippen LogP contribution in [0.2, 0.25) is 5.02 Å². The number of hydrogen-bond donors (Lipinski definition) is 0. The molecule has 2 atom stereocenters. The number of carbonyl (C=O) groups is 2. The summed E-state index contributed by atoms with van der Waals surface area (Å²) in [6.45, 7) is 14.3. The summed E-state index contributed by atoms with van der Waals surface area (Å²) in [5.41, 5.74) is 4.69. The monoisotopic (exact) mass is 608 g/mol. The van der Waals surface area contributed by atoms with Crippen molar-refractivity contribution in [2.24, 2.45) is 5.92 Å². The van der Waals surface area contributed by atoms with Gasteiger partial charge in [0, 0.05) is 93.1 Å². The van der Waals surface area contributed by atoms with E-state index in [1.165, 1.54) is 42.9 Å². The third kappa shape index (κ3) is 6.25. The Morgan fingerprint density at radius 2 is 1.74 bits per heavy atom. The van der Waals surface area contributed by atoms with Gasteiger partial charge >= 0.3 is 0 Å². The highest BCUT2D eigenvalue weighted by Gasteiger charge is 2.42. The van der Waals surface area contributed by atoms with Crippen LogP contribution in [0.3, 0.4) is 0 Å². The van der Waals surface area contributed by atoms with E-state index in [9.17, 15) is 9.59 Å². The number of likely N-dealkylation sites (tertiary alicyclic amines) is 1. The molecule has 2 amide bonds. The summed E-state index contributed by atoms with van der Waals surface area (Å²) < 4.78 is 2.62. The van der Waals surface area contributed by atoms with Crippen molar-refractivity contribution in [1.82, 2.24) is 24.3 Å². The van der Waals surface area contributed by atoms with Crippen LogP contribution < -0.4 is 4.90 Å². The highest BCUT2D eigenvalue weighted by Crippen LogP contribution is 2.42. The second-order valence-electron chi connectivity index (χ2n) is 13.3. The van der Waals surface area contributed by atoms with Gasteiger partial charge < -0.3 is 14.4 Å². The van der Waals surface area contributed by atoms with Gasteiger partial charge in [-0.15, -0.1) is 0 Å². The second-order valence-corrected chi connectivity index (χ2v) is 13.8. The molecule has 5 heterocycles. The smallest absolute Gasteiger partial charge is 0.230 e. The minimum atomic E-state index is -0.0589. The van der Waals surface area contributed by atoms with Crippen LogP contribution in [0.15, 0.2) is 18.2 Å². The van der Waals surface area contributed by atoms with Gasteiger partial charge in [-0.25, -0.2) is 4.98 Å². The highest BCUT2D eigenvalue weighted by atomic mass is 35.5. The molecule has 2 bridgehead atoms.